The highest BCUT2D eigenvalue weighted by atomic mass is 32.2. The average molecular weight is 335 g/mol. The molecule has 0 aliphatic carbocycles. The molecule has 126 valence electrons. The molecule has 1 aromatic heterocycles. The molecule has 2 rings (SSSR count). The summed E-state index contributed by atoms with van der Waals surface area (Å²) in [5, 5.41) is 4.16. The maximum atomic E-state index is 12.8. The van der Waals surface area contributed by atoms with Crippen LogP contribution in [0.3, 0.4) is 0 Å². The third-order valence-corrected chi connectivity index (χ3v) is 6.42. The largest absolute Gasteiger partial charge is 0.269 e. The Morgan fingerprint density at radius 3 is 2.04 bits per heavy atom. The van der Waals surface area contributed by atoms with Crippen molar-refractivity contribution in [2.24, 2.45) is 0 Å². The van der Waals surface area contributed by atoms with E-state index in [2.05, 4.69) is 9.82 Å². The number of hydrogen-bond acceptors (Lipinski definition) is 3. The molecule has 0 fully saturated rings. The quantitative estimate of drug-likeness (QED) is 0.914. The second-order valence-corrected chi connectivity index (χ2v) is 7.62. The predicted molar refractivity (Wildman–Crippen MR) is 92.1 cm³/mol. The third kappa shape index (κ3) is 3.19. The van der Waals surface area contributed by atoms with E-state index >= 15 is 0 Å². The van der Waals surface area contributed by atoms with Crippen LogP contribution >= 0.6 is 0 Å². The Morgan fingerprint density at radius 2 is 1.52 bits per heavy atom. The molecule has 1 N–H and O–H groups in total. The van der Waals surface area contributed by atoms with Gasteiger partial charge in [-0.1, -0.05) is 0 Å². The zero-order chi connectivity index (χ0) is 17.4. The van der Waals surface area contributed by atoms with Gasteiger partial charge in [0.2, 0.25) is 10.0 Å². The topological polar surface area (TPSA) is 64.0 Å². The van der Waals surface area contributed by atoms with Gasteiger partial charge in [0.1, 0.15) is 0 Å². The highest BCUT2D eigenvalue weighted by molar-refractivity contribution is 7.89. The Bertz CT molecular complexity index is 807. The molecule has 0 unspecified atom stereocenters. The predicted octanol–water partition coefficient (Wildman–Crippen LogP) is 2.92. The van der Waals surface area contributed by atoms with Crippen molar-refractivity contribution in [3.05, 3.63) is 45.8 Å². The molecule has 1 heterocycles. The van der Waals surface area contributed by atoms with E-state index in [9.17, 15) is 8.42 Å². The lowest BCUT2D eigenvalue weighted by Crippen LogP contribution is -2.27. The summed E-state index contributed by atoms with van der Waals surface area (Å²) < 4.78 is 30.2. The number of sulfonamides is 1. The Morgan fingerprint density at radius 1 is 1.00 bits per heavy atom. The van der Waals surface area contributed by atoms with Crippen LogP contribution in [0.4, 0.5) is 0 Å². The van der Waals surface area contributed by atoms with Gasteiger partial charge in [0.05, 0.1) is 17.1 Å². The molecule has 0 aliphatic heterocycles. The van der Waals surface area contributed by atoms with E-state index in [-0.39, 0.29) is 6.54 Å². The van der Waals surface area contributed by atoms with Crippen LogP contribution < -0.4 is 4.72 Å². The molecule has 6 heteroatoms. The van der Waals surface area contributed by atoms with Gasteiger partial charge in [-0.05, 0) is 75.4 Å². The summed E-state index contributed by atoms with van der Waals surface area (Å²) in [6.45, 7) is 12.7. The standard InChI is InChI=1S/C17H25N3O2S/c1-7-20-16(8-9-18-20)10-19-23(21,22)17-14(5)12(3)11(2)13(4)15(17)6/h8-9,19H,7,10H2,1-6H3. The van der Waals surface area contributed by atoms with Gasteiger partial charge in [-0.3, -0.25) is 4.68 Å². The molecule has 0 bridgehead atoms. The van der Waals surface area contributed by atoms with Gasteiger partial charge in [-0.15, -0.1) is 0 Å². The number of nitrogens with one attached hydrogen (secondary N) is 1. The SMILES string of the molecule is CCn1nccc1CNS(=O)(=O)c1c(C)c(C)c(C)c(C)c1C. The van der Waals surface area contributed by atoms with Crippen LogP contribution in [0, 0.1) is 34.6 Å². The Balaban J connectivity index is 2.41. The van der Waals surface area contributed by atoms with Crippen LogP contribution in [-0.4, -0.2) is 18.2 Å². The highest BCUT2D eigenvalue weighted by Crippen LogP contribution is 2.29. The van der Waals surface area contributed by atoms with Gasteiger partial charge >= 0.3 is 0 Å². The summed E-state index contributed by atoms with van der Waals surface area (Å²) in [5.41, 5.74) is 5.72. The monoisotopic (exact) mass is 335 g/mol. The van der Waals surface area contributed by atoms with Gasteiger partial charge in [0.25, 0.3) is 0 Å². The third-order valence-electron chi connectivity index (χ3n) is 4.75. The first-order valence-corrected chi connectivity index (χ1v) is 9.26. The van der Waals surface area contributed by atoms with Gasteiger partial charge in [0.15, 0.2) is 0 Å². The van der Waals surface area contributed by atoms with Crippen LogP contribution in [0.2, 0.25) is 0 Å². The molecule has 2 aromatic rings. The lowest BCUT2D eigenvalue weighted by Gasteiger charge is -2.19. The molecule has 0 atom stereocenters. The van der Waals surface area contributed by atoms with Crippen molar-refractivity contribution in [1.82, 2.24) is 14.5 Å². The van der Waals surface area contributed by atoms with E-state index in [1.165, 1.54) is 0 Å². The normalized spacial score (nSPS) is 11.9. The Kier molecular flexibility index (Phi) is 4.96. The van der Waals surface area contributed by atoms with Crippen molar-refractivity contribution in [2.45, 2.75) is 59.5 Å². The maximum absolute atomic E-state index is 12.8. The second kappa shape index (κ2) is 6.45. The van der Waals surface area contributed by atoms with Gasteiger partial charge in [0, 0.05) is 12.7 Å². The maximum Gasteiger partial charge on any atom is 0.241 e. The summed E-state index contributed by atoms with van der Waals surface area (Å²) >= 11 is 0. The second-order valence-electron chi connectivity index (χ2n) is 5.92. The number of aryl methyl sites for hydroxylation is 1. The van der Waals surface area contributed by atoms with Crippen LogP contribution in [0.1, 0.15) is 40.4 Å². The van der Waals surface area contributed by atoms with E-state index in [0.29, 0.717) is 11.4 Å². The molecule has 0 amide bonds. The van der Waals surface area contributed by atoms with Crippen molar-refractivity contribution < 1.29 is 8.42 Å². The summed E-state index contributed by atoms with van der Waals surface area (Å²) in [6.07, 6.45) is 1.68. The van der Waals surface area contributed by atoms with Crippen molar-refractivity contribution in [2.75, 3.05) is 0 Å². The number of rotatable bonds is 5. The molecular formula is C17H25N3O2S. The summed E-state index contributed by atoms with van der Waals surface area (Å²) in [5.74, 6) is 0. The van der Waals surface area contributed by atoms with E-state index in [1.807, 2.05) is 47.6 Å². The molecule has 0 radical (unpaired) electrons. The van der Waals surface area contributed by atoms with Crippen LogP contribution in [0.5, 0.6) is 0 Å². The number of hydrogen-bond donors (Lipinski definition) is 1. The van der Waals surface area contributed by atoms with Crippen molar-refractivity contribution in [1.29, 1.82) is 0 Å². The molecule has 1 aromatic carbocycles. The average Bonchev–Trinajstić information content (AvgIpc) is 2.96. The first kappa shape index (κ1) is 17.7. The van der Waals surface area contributed by atoms with E-state index in [4.69, 9.17) is 0 Å². The number of nitrogens with zero attached hydrogens (tertiary/aromatic N) is 2. The van der Waals surface area contributed by atoms with Gasteiger partial charge < -0.3 is 0 Å². The first-order chi connectivity index (χ1) is 10.7. The molecule has 23 heavy (non-hydrogen) atoms. The lowest BCUT2D eigenvalue weighted by atomic mass is 9.95. The summed E-state index contributed by atoms with van der Waals surface area (Å²) in [4.78, 5) is 0.403. The summed E-state index contributed by atoms with van der Waals surface area (Å²) in [7, 11) is -3.58. The van der Waals surface area contributed by atoms with E-state index < -0.39 is 10.0 Å². The molecule has 0 aliphatic rings. The molecule has 0 saturated heterocycles. The van der Waals surface area contributed by atoms with E-state index in [0.717, 1.165) is 33.5 Å². The van der Waals surface area contributed by atoms with Crippen molar-refractivity contribution in [3.63, 3.8) is 0 Å². The van der Waals surface area contributed by atoms with Crippen molar-refractivity contribution >= 4 is 10.0 Å². The van der Waals surface area contributed by atoms with Crippen LogP contribution in [-0.2, 0) is 23.1 Å². The minimum Gasteiger partial charge on any atom is -0.269 e. The highest BCUT2D eigenvalue weighted by Gasteiger charge is 2.23. The molecule has 0 saturated carbocycles. The van der Waals surface area contributed by atoms with Crippen LogP contribution in [0.25, 0.3) is 0 Å². The summed E-state index contributed by atoms with van der Waals surface area (Å²) in [6, 6.07) is 1.83. The number of benzene rings is 1. The number of aromatic nitrogens is 2. The fourth-order valence-corrected chi connectivity index (χ4v) is 4.50. The zero-order valence-corrected chi connectivity index (χ0v) is 15.5. The minimum absolute atomic E-state index is 0.237. The smallest absolute Gasteiger partial charge is 0.241 e. The lowest BCUT2D eigenvalue weighted by molar-refractivity contribution is 0.569. The fraction of sp³-hybridized carbons (Fsp3) is 0.471. The molecule has 5 nitrogen and oxygen atoms in total. The molecular weight excluding hydrogens is 310 g/mol. The van der Waals surface area contributed by atoms with E-state index in [1.54, 1.807) is 10.9 Å². The Labute approximate surface area is 138 Å². The van der Waals surface area contributed by atoms with Crippen molar-refractivity contribution in [3.8, 4) is 0 Å². The van der Waals surface area contributed by atoms with Gasteiger partial charge in [-0.25, -0.2) is 13.1 Å². The van der Waals surface area contributed by atoms with Crippen LogP contribution in [0.15, 0.2) is 17.2 Å². The minimum atomic E-state index is -3.58. The van der Waals surface area contributed by atoms with Gasteiger partial charge in [-0.2, -0.15) is 5.10 Å². The fourth-order valence-electron chi connectivity index (χ4n) is 2.90. The Hall–Kier alpha value is -1.66. The molecule has 0 spiro atoms. The first-order valence-electron chi connectivity index (χ1n) is 7.78. The zero-order valence-electron chi connectivity index (χ0n) is 14.7.